The molecule has 0 fully saturated rings. The molecule has 1 aliphatic rings. The van der Waals surface area contributed by atoms with Gasteiger partial charge in [0, 0.05) is 30.6 Å². The van der Waals surface area contributed by atoms with E-state index in [1.54, 1.807) is 12.1 Å². The Morgan fingerprint density at radius 1 is 1.46 bits per heavy atom. The van der Waals surface area contributed by atoms with E-state index in [-0.39, 0.29) is 12.1 Å². The normalized spacial score (nSPS) is 16.3. The molecule has 128 valence electrons. The summed E-state index contributed by atoms with van der Waals surface area (Å²) in [6.07, 6.45) is 6.34. The van der Waals surface area contributed by atoms with Gasteiger partial charge in [0.15, 0.2) is 0 Å². The number of nitrogens with one attached hydrogen (secondary N) is 2. The van der Waals surface area contributed by atoms with Crippen LogP contribution in [0.5, 0.6) is 5.88 Å². The van der Waals surface area contributed by atoms with Crippen LogP contribution in [0, 0.1) is 0 Å². The Bertz CT molecular complexity index is 701. The van der Waals surface area contributed by atoms with Crippen LogP contribution in [-0.2, 0) is 13.5 Å². The molecule has 0 bridgehead atoms. The SMILES string of the molecule is Cn1ncc2c1CCCC2NC(=O)NCCOc1ccc(Cl)cn1. The number of urea groups is 1. The summed E-state index contributed by atoms with van der Waals surface area (Å²) in [7, 11) is 1.93. The second-order valence-corrected chi connectivity index (χ2v) is 6.11. The van der Waals surface area contributed by atoms with Crippen molar-refractivity contribution in [1.82, 2.24) is 25.4 Å². The maximum Gasteiger partial charge on any atom is 0.315 e. The molecule has 2 aromatic heterocycles. The van der Waals surface area contributed by atoms with Crippen molar-refractivity contribution in [2.24, 2.45) is 7.05 Å². The third-order valence-corrected chi connectivity index (χ3v) is 4.24. The van der Waals surface area contributed by atoms with Gasteiger partial charge >= 0.3 is 6.03 Å². The van der Waals surface area contributed by atoms with Crippen molar-refractivity contribution in [3.63, 3.8) is 0 Å². The molecular formula is C16H20ClN5O2. The number of carbonyl (C=O) groups excluding carboxylic acids is 1. The van der Waals surface area contributed by atoms with Gasteiger partial charge in [-0.05, 0) is 25.3 Å². The summed E-state index contributed by atoms with van der Waals surface area (Å²) in [6, 6.07) is 3.21. The Morgan fingerprint density at radius 2 is 2.33 bits per heavy atom. The molecule has 2 N–H and O–H groups in total. The molecular weight excluding hydrogens is 330 g/mol. The molecule has 0 aliphatic heterocycles. The zero-order valence-electron chi connectivity index (χ0n) is 13.5. The van der Waals surface area contributed by atoms with Gasteiger partial charge in [-0.1, -0.05) is 11.6 Å². The van der Waals surface area contributed by atoms with Gasteiger partial charge in [-0.15, -0.1) is 0 Å². The van der Waals surface area contributed by atoms with Crippen molar-refractivity contribution in [2.75, 3.05) is 13.2 Å². The lowest BCUT2D eigenvalue weighted by Gasteiger charge is -2.23. The zero-order chi connectivity index (χ0) is 16.9. The lowest BCUT2D eigenvalue weighted by atomic mass is 9.93. The highest BCUT2D eigenvalue weighted by molar-refractivity contribution is 6.30. The molecule has 24 heavy (non-hydrogen) atoms. The number of carbonyl (C=O) groups is 1. The van der Waals surface area contributed by atoms with Crippen molar-refractivity contribution < 1.29 is 9.53 Å². The first-order valence-electron chi connectivity index (χ1n) is 7.93. The molecule has 1 unspecified atom stereocenters. The van der Waals surface area contributed by atoms with E-state index in [2.05, 4.69) is 20.7 Å². The number of fused-ring (bicyclic) bond motifs is 1. The maximum absolute atomic E-state index is 12.0. The Balaban J connectivity index is 1.42. The van der Waals surface area contributed by atoms with Crippen molar-refractivity contribution >= 4 is 17.6 Å². The number of aryl methyl sites for hydroxylation is 1. The smallest absolute Gasteiger partial charge is 0.315 e. The Hall–Kier alpha value is -2.28. The molecule has 2 aromatic rings. The molecule has 0 aromatic carbocycles. The molecule has 0 spiro atoms. The van der Waals surface area contributed by atoms with E-state index < -0.39 is 0 Å². The van der Waals surface area contributed by atoms with Crippen LogP contribution in [0.4, 0.5) is 4.79 Å². The number of hydrogen-bond donors (Lipinski definition) is 2. The first-order chi connectivity index (χ1) is 11.6. The average molecular weight is 350 g/mol. The quantitative estimate of drug-likeness (QED) is 0.811. The van der Waals surface area contributed by atoms with E-state index in [0.717, 1.165) is 24.8 Å². The van der Waals surface area contributed by atoms with E-state index in [9.17, 15) is 4.79 Å². The largest absolute Gasteiger partial charge is 0.476 e. The minimum Gasteiger partial charge on any atom is -0.476 e. The van der Waals surface area contributed by atoms with Crippen molar-refractivity contribution in [3.8, 4) is 5.88 Å². The fraction of sp³-hybridized carbons (Fsp3) is 0.438. The number of aromatic nitrogens is 3. The number of rotatable bonds is 5. The van der Waals surface area contributed by atoms with Crippen LogP contribution in [-0.4, -0.2) is 33.9 Å². The highest BCUT2D eigenvalue weighted by atomic mass is 35.5. The summed E-state index contributed by atoms with van der Waals surface area (Å²) >= 11 is 5.76. The van der Waals surface area contributed by atoms with Crippen molar-refractivity contribution in [3.05, 3.63) is 40.8 Å². The van der Waals surface area contributed by atoms with E-state index >= 15 is 0 Å². The highest BCUT2D eigenvalue weighted by Gasteiger charge is 2.24. The van der Waals surface area contributed by atoms with Crippen LogP contribution in [0.3, 0.4) is 0 Å². The molecule has 0 radical (unpaired) electrons. The zero-order valence-corrected chi connectivity index (χ0v) is 14.2. The van der Waals surface area contributed by atoms with Gasteiger partial charge in [0.2, 0.25) is 5.88 Å². The summed E-state index contributed by atoms with van der Waals surface area (Å²) in [5.41, 5.74) is 2.31. The monoisotopic (exact) mass is 349 g/mol. The minimum absolute atomic E-state index is 0.0151. The van der Waals surface area contributed by atoms with Crippen LogP contribution in [0.15, 0.2) is 24.5 Å². The van der Waals surface area contributed by atoms with Crippen LogP contribution in [0.1, 0.15) is 30.1 Å². The molecule has 7 nitrogen and oxygen atoms in total. The number of nitrogens with zero attached hydrogens (tertiary/aromatic N) is 3. The molecule has 1 aliphatic carbocycles. The molecule has 2 heterocycles. The Kier molecular flexibility index (Phi) is 5.20. The van der Waals surface area contributed by atoms with Crippen LogP contribution in [0.25, 0.3) is 0 Å². The van der Waals surface area contributed by atoms with Gasteiger partial charge in [-0.3, -0.25) is 4.68 Å². The average Bonchev–Trinajstić information content (AvgIpc) is 2.96. The van der Waals surface area contributed by atoms with Crippen LogP contribution < -0.4 is 15.4 Å². The number of amides is 2. The molecule has 0 saturated heterocycles. The third-order valence-electron chi connectivity index (χ3n) is 4.02. The topological polar surface area (TPSA) is 81.1 Å². The predicted molar refractivity (Wildman–Crippen MR) is 90.2 cm³/mol. The second-order valence-electron chi connectivity index (χ2n) is 5.68. The number of pyridine rings is 1. The lowest BCUT2D eigenvalue weighted by molar-refractivity contribution is 0.230. The number of hydrogen-bond acceptors (Lipinski definition) is 4. The fourth-order valence-electron chi connectivity index (χ4n) is 2.83. The van der Waals surface area contributed by atoms with Gasteiger partial charge < -0.3 is 15.4 Å². The van der Waals surface area contributed by atoms with Crippen molar-refractivity contribution in [1.29, 1.82) is 0 Å². The molecule has 1 atom stereocenters. The van der Waals surface area contributed by atoms with E-state index in [1.165, 1.54) is 11.9 Å². The molecule has 8 heteroatoms. The van der Waals surface area contributed by atoms with Crippen LogP contribution >= 0.6 is 11.6 Å². The summed E-state index contributed by atoms with van der Waals surface area (Å²) in [5.74, 6) is 0.480. The van der Waals surface area contributed by atoms with E-state index in [4.69, 9.17) is 16.3 Å². The lowest BCUT2D eigenvalue weighted by Crippen LogP contribution is -2.40. The summed E-state index contributed by atoms with van der Waals surface area (Å²) in [5, 5.41) is 10.6. The molecule has 3 rings (SSSR count). The predicted octanol–water partition coefficient (Wildman–Crippen LogP) is 2.22. The number of ether oxygens (including phenoxy) is 1. The second kappa shape index (κ2) is 7.53. The number of halogens is 1. The third kappa shape index (κ3) is 3.97. The Morgan fingerprint density at radius 3 is 3.12 bits per heavy atom. The highest BCUT2D eigenvalue weighted by Crippen LogP contribution is 2.28. The minimum atomic E-state index is -0.204. The van der Waals surface area contributed by atoms with Gasteiger partial charge in [0.05, 0.1) is 23.8 Å². The van der Waals surface area contributed by atoms with Gasteiger partial charge in [0.25, 0.3) is 0 Å². The first kappa shape index (κ1) is 16.6. The summed E-state index contributed by atoms with van der Waals surface area (Å²) in [6.45, 7) is 0.730. The van der Waals surface area contributed by atoms with E-state index in [0.29, 0.717) is 24.1 Å². The maximum atomic E-state index is 12.0. The standard InChI is InChI=1S/C16H20ClN5O2/c1-22-14-4-2-3-13(12(14)10-20-22)21-16(23)18-7-8-24-15-6-5-11(17)9-19-15/h5-6,9-10,13H,2-4,7-8H2,1H3,(H2,18,21,23). The van der Waals surface area contributed by atoms with E-state index in [1.807, 2.05) is 17.9 Å². The van der Waals surface area contributed by atoms with Gasteiger partial charge in [0.1, 0.15) is 6.61 Å². The molecule has 0 saturated carbocycles. The molecule has 2 amide bonds. The fourth-order valence-corrected chi connectivity index (χ4v) is 2.94. The summed E-state index contributed by atoms with van der Waals surface area (Å²) < 4.78 is 7.32. The summed E-state index contributed by atoms with van der Waals surface area (Å²) in [4.78, 5) is 16.1. The first-order valence-corrected chi connectivity index (χ1v) is 8.31. The van der Waals surface area contributed by atoms with Gasteiger partial charge in [-0.25, -0.2) is 9.78 Å². The van der Waals surface area contributed by atoms with Crippen molar-refractivity contribution in [2.45, 2.75) is 25.3 Å². The van der Waals surface area contributed by atoms with Gasteiger partial charge in [-0.2, -0.15) is 5.10 Å². The van der Waals surface area contributed by atoms with Crippen LogP contribution in [0.2, 0.25) is 5.02 Å². The Labute approximate surface area is 145 Å².